The fourth-order valence-corrected chi connectivity index (χ4v) is 8.75. The minimum Gasteiger partial charge on any atom is -0.310 e. The molecule has 224 valence electrons. The molecule has 0 saturated carbocycles. The summed E-state index contributed by atoms with van der Waals surface area (Å²) < 4.78 is 2.67. The molecule has 0 atom stereocenters. The Hall–Kier alpha value is -5.44. The van der Waals surface area contributed by atoms with Gasteiger partial charge in [0.1, 0.15) is 0 Å². The summed E-state index contributed by atoms with van der Waals surface area (Å²) >= 11 is 1.88. The van der Waals surface area contributed by atoms with Crippen molar-refractivity contribution in [3.05, 3.63) is 175 Å². The highest BCUT2D eigenvalue weighted by Gasteiger charge is 2.35. The molecule has 0 amide bonds. The van der Waals surface area contributed by atoms with E-state index in [0.29, 0.717) is 0 Å². The highest BCUT2D eigenvalue weighted by molar-refractivity contribution is 7.26. The Morgan fingerprint density at radius 3 is 1.91 bits per heavy atom. The standard InChI is InChI=1S/C45H33NS/c1-45(2)41-20-8-6-16-37(41)40-29-32(24-27-42(40)45)31-12-10-15-35(28-31)46(33-13-4-3-5-14-33)34-25-22-30(23-26-34)36-18-11-19-39-38-17-7-9-21-43(38)47-44(36)39/h3-29H,1-2H3. The maximum Gasteiger partial charge on any atom is 0.0467 e. The van der Waals surface area contributed by atoms with Gasteiger partial charge in [-0.05, 0) is 93.0 Å². The molecule has 1 nitrogen and oxygen atoms in total. The minimum atomic E-state index is 0.00503. The van der Waals surface area contributed by atoms with Crippen LogP contribution in [-0.4, -0.2) is 0 Å². The van der Waals surface area contributed by atoms with Gasteiger partial charge in [-0.2, -0.15) is 0 Å². The second kappa shape index (κ2) is 10.8. The number of para-hydroxylation sites is 1. The van der Waals surface area contributed by atoms with Crippen molar-refractivity contribution in [2.24, 2.45) is 0 Å². The van der Waals surface area contributed by atoms with Crippen LogP contribution >= 0.6 is 11.3 Å². The van der Waals surface area contributed by atoms with Crippen LogP contribution in [0.3, 0.4) is 0 Å². The molecular formula is C45H33NS. The van der Waals surface area contributed by atoms with Crippen LogP contribution in [0.15, 0.2) is 164 Å². The van der Waals surface area contributed by atoms with E-state index in [1.54, 1.807) is 0 Å². The molecule has 0 aliphatic heterocycles. The third-order valence-corrected chi connectivity index (χ3v) is 11.1. The molecule has 0 spiro atoms. The van der Waals surface area contributed by atoms with Gasteiger partial charge < -0.3 is 4.90 Å². The number of rotatable bonds is 5. The van der Waals surface area contributed by atoms with E-state index in [-0.39, 0.29) is 5.41 Å². The predicted octanol–water partition coefficient (Wildman–Crippen LogP) is 13.2. The maximum atomic E-state index is 2.39. The Morgan fingerprint density at radius 1 is 0.426 bits per heavy atom. The van der Waals surface area contributed by atoms with Gasteiger partial charge in [-0.1, -0.05) is 129 Å². The summed E-state index contributed by atoms with van der Waals surface area (Å²) in [6.45, 7) is 4.67. The molecular weight excluding hydrogens is 587 g/mol. The summed E-state index contributed by atoms with van der Waals surface area (Å²) in [7, 11) is 0. The summed E-state index contributed by atoms with van der Waals surface area (Å²) in [4.78, 5) is 2.36. The minimum absolute atomic E-state index is 0.00503. The van der Waals surface area contributed by atoms with Crippen molar-refractivity contribution in [1.29, 1.82) is 0 Å². The molecule has 8 aromatic rings. The van der Waals surface area contributed by atoms with Gasteiger partial charge in [-0.15, -0.1) is 11.3 Å². The Labute approximate surface area is 280 Å². The molecule has 0 unspecified atom stereocenters. The van der Waals surface area contributed by atoms with Gasteiger partial charge in [0.25, 0.3) is 0 Å². The molecule has 0 N–H and O–H groups in total. The van der Waals surface area contributed by atoms with Crippen LogP contribution in [0.5, 0.6) is 0 Å². The maximum absolute atomic E-state index is 2.39. The number of fused-ring (bicyclic) bond motifs is 6. The molecule has 1 aromatic heterocycles. The lowest BCUT2D eigenvalue weighted by Gasteiger charge is -2.26. The first-order valence-corrected chi connectivity index (χ1v) is 17.1. The average Bonchev–Trinajstić information content (AvgIpc) is 3.62. The van der Waals surface area contributed by atoms with Crippen LogP contribution in [0, 0.1) is 0 Å². The Balaban J connectivity index is 1.12. The molecule has 47 heavy (non-hydrogen) atoms. The van der Waals surface area contributed by atoms with Crippen LogP contribution in [0.25, 0.3) is 53.6 Å². The van der Waals surface area contributed by atoms with Crippen molar-refractivity contribution in [3.63, 3.8) is 0 Å². The monoisotopic (exact) mass is 619 g/mol. The highest BCUT2D eigenvalue weighted by atomic mass is 32.1. The molecule has 7 aromatic carbocycles. The molecule has 9 rings (SSSR count). The van der Waals surface area contributed by atoms with Crippen LogP contribution in [0.1, 0.15) is 25.0 Å². The second-order valence-electron chi connectivity index (χ2n) is 13.0. The van der Waals surface area contributed by atoms with Crippen molar-refractivity contribution in [1.82, 2.24) is 0 Å². The summed E-state index contributed by atoms with van der Waals surface area (Å²) in [5, 5.41) is 2.66. The first-order chi connectivity index (χ1) is 23.1. The number of benzene rings is 7. The van der Waals surface area contributed by atoms with E-state index in [1.165, 1.54) is 64.7 Å². The molecule has 2 heteroatoms. The average molecular weight is 620 g/mol. The van der Waals surface area contributed by atoms with E-state index in [2.05, 4.69) is 183 Å². The van der Waals surface area contributed by atoms with Crippen molar-refractivity contribution in [2.45, 2.75) is 19.3 Å². The highest BCUT2D eigenvalue weighted by Crippen LogP contribution is 2.50. The summed E-state index contributed by atoms with van der Waals surface area (Å²) in [5.74, 6) is 0. The predicted molar refractivity (Wildman–Crippen MR) is 202 cm³/mol. The van der Waals surface area contributed by atoms with Gasteiger partial charge in [-0.25, -0.2) is 0 Å². The van der Waals surface area contributed by atoms with E-state index >= 15 is 0 Å². The molecule has 1 aliphatic rings. The van der Waals surface area contributed by atoms with Crippen LogP contribution in [0.4, 0.5) is 17.1 Å². The first kappa shape index (κ1) is 27.8. The zero-order valence-electron chi connectivity index (χ0n) is 26.4. The fraction of sp³-hybridized carbons (Fsp3) is 0.0667. The second-order valence-corrected chi connectivity index (χ2v) is 14.0. The van der Waals surface area contributed by atoms with Crippen LogP contribution in [0.2, 0.25) is 0 Å². The lowest BCUT2D eigenvalue weighted by atomic mass is 9.82. The SMILES string of the molecule is CC1(C)c2ccccc2-c2cc(-c3cccc(N(c4ccccc4)c4ccc(-c5cccc6c5sc5ccccc56)cc4)c3)ccc21. The number of nitrogens with zero attached hydrogens (tertiary/aromatic N) is 1. The first-order valence-electron chi connectivity index (χ1n) is 16.3. The van der Waals surface area contributed by atoms with E-state index < -0.39 is 0 Å². The molecule has 1 aliphatic carbocycles. The lowest BCUT2D eigenvalue weighted by Crippen LogP contribution is -2.14. The smallest absolute Gasteiger partial charge is 0.0467 e. The number of anilines is 3. The van der Waals surface area contributed by atoms with Gasteiger partial charge in [-0.3, -0.25) is 0 Å². The van der Waals surface area contributed by atoms with E-state index in [1.807, 2.05) is 11.3 Å². The lowest BCUT2D eigenvalue weighted by molar-refractivity contribution is 0.660. The summed E-state index contributed by atoms with van der Waals surface area (Å²) in [5.41, 5.74) is 13.9. The fourth-order valence-electron chi connectivity index (χ4n) is 7.51. The summed E-state index contributed by atoms with van der Waals surface area (Å²) in [6.07, 6.45) is 0. The van der Waals surface area contributed by atoms with Crippen molar-refractivity contribution >= 4 is 48.6 Å². The zero-order valence-corrected chi connectivity index (χ0v) is 27.3. The number of hydrogen-bond acceptors (Lipinski definition) is 2. The quantitative estimate of drug-likeness (QED) is 0.185. The van der Waals surface area contributed by atoms with Crippen LogP contribution in [-0.2, 0) is 5.41 Å². The van der Waals surface area contributed by atoms with E-state index in [4.69, 9.17) is 0 Å². The molecule has 1 heterocycles. The van der Waals surface area contributed by atoms with Gasteiger partial charge in [0.15, 0.2) is 0 Å². The third-order valence-electron chi connectivity index (χ3n) is 9.88. The summed E-state index contributed by atoms with van der Waals surface area (Å²) in [6, 6.07) is 60.0. The van der Waals surface area contributed by atoms with E-state index in [0.717, 1.165) is 17.1 Å². The van der Waals surface area contributed by atoms with Gasteiger partial charge in [0, 0.05) is 42.6 Å². The number of hydrogen-bond donors (Lipinski definition) is 0. The topological polar surface area (TPSA) is 3.24 Å². The van der Waals surface area contributed by atoms with Crippen molar-refractivity contribution in [3.8, 4) is 33.4 Å². The Bertz CT molecular complexity index is 2430. The number of thiophene rings is 1. The van der Waals surface area contributed by atoms with Crippen molar-refractivity contribution in [2.75, 3.05) is 4.90 Å². The van der Waals surface area contributed by atoms with Gasteiger partial charge >= 0.3 is 0 Å². The Kier molecular flexibility index (Phi) is 6.41. The molecule has 0 saturated heterocycles. The zero-order chi connectivity index (χ0) is 31.5. The Morgan fingerprint density at radius 2 is 1.04 bits per heavy atom. The van der Waals surface area contributed by atoms with Gasteiger partial charge in [0.2, 0.25) is 0 Å². The van der Waals surface area contributed by atoms with Crippen LogP contribution < -0.4 is 4.90 Å². The van der Waals surface area contributed by atoms with E-state index in [9.17, 15) is 0 Å². The third kappa shape index (κ3) is 4.52. The molecule has 0 radical (unpaired) electrons. The van der Waals surface area contributed by atoms with Gasteiger partial charge in [0.05, 0.1) is 0 Å². The molecule has 0 fully saturated rings. The normalized spacial score (nSPS) is 13.1. The largest absolute Gasteiger partial charge is 0.310 e. The molecule has 0 bridgehead atoms. The van der Waals surface area contributed by atoms with Crippen molar-refractivity contribution < 1.29 is 0 Å².